The van der Waals surface area contributed by atoms with E-state index in [2.05, 4.69) is 0 Å². The Balaban J connectivity index is 2.38. The van der Waals surface area contributed by atoms with Crippen molar-refractivity contribution in [2.75, 3.05) is 14.2 Å². The second kappa shape index (κ2) is 4.71. The van der Waals surface area contributed by atoms with Crippen molar-refractivity contribution in [3.63, 3.8) is 0 Å². The lowest BCUT2D eigenvalue weighted by molar-refractivity contribution is 0.279. The highest BCUT2D eigenvalue weighted by atomic mass is 16.5. The molecule has 2 aromatic rings. The Morgan fingerprint density at radius 1 is 1.10 bits per heavy atom. The number of aryl methyl sites for hydroxylation is 1. The Bertz CT molecular complexity index is 771. The molecule has 3 rings (SSSR count). The first-order chi connectivity index (χ1) is 9.65. The highest BCUT2D eigenvalue weighted by Gasteiger charge is 2.18. The topological polar surface area (TPSA) is 40.5 Å². The molecule has 4 heteroatoms. The molecule has 1 aromatic heterocycles. The van der Waals surface area contributed by atoms with Gasteiger partial charge in [-0.25, -0.2) is 0 Å². The van der Waals surface area contributed by atoms with Crippen LogP contribution in [0, 0.1) is 0 Å². The molecule has 0 radical (unpaired) electrons. The molecule has 1 heterocycles. The van der Waals surface area contributed by atoms with E-state index in [-0.39, 0.29) is 5.56 Å². The SMILES string of the molecule is COC1=Cc2c(c3ccc(OC)cc3c(=O)n2C)CC1. The van der Waals surface area contributed by atoms with Crippen LogP contribution in [0.3, 0.4) is 0 Å². The van der Waals surface area contributed by atoms with Gasteiger partial charge >= 0.3 is 0 Å². The van der Waals surface area contributed by atoms with Crippen LogP contribution in [0.5, 0.6) is 5.75 Å². The monoisotopic (exact) mass is 271 g/mol. The minimum Gasteiger partial charge on any atom is -0.501 e. The number of ether oxygens (including phenoxy) is 2. The molecule has 104 valence electrons. The van der Waals surface area contributed by atoms with Crippen molar-refractivity contribution in [3.05, 3.63) is 45.6 Å². The van der Waals surface area contributed by atoms with Gasteiger partial charge in [0.25, 0.3) is 5.56 Å². The second-order valence-electron chi connectivity index (χ2n) is 4.95. The number of hydrogen-bond donors (Lipinski definition) is 0. The standard InChI is InChI=1S/C16H17NO3/c1-17-15-9-11(20-3)5-7-13(15)12-6-4-10(19-2)8-14(12)16(17)18/h4,6,8-9H,5,7H2,1-3H3. The molecule has 0 amide bonds. The molecule has 0 fully saturated rings. The number of nitrogens with zero attached hydrogens (tertiary/aromatic N) is 1. The predicted molar refractivity (Wildman–Crippen MR) is 79.0 cm³/mol. The molecule has 1 aromatic carbocycles. The fourth-order valence-corrected chi connectivity index (χ4v) is 2.80. The van der Waals surface area contributed by atoms with E-state index < -0.39 is 0 Å². The van der Waals surface area contributed by atoms with Crippen molar-refractivity contribution in [1.29, 1.82) is 0 Å². The fraction of sp³-hybridized carbons (Fsp3) is 0.312. The zero-order valence-corrected chi connectivity index (χ0v) is 11.9. The lowest BCUT2D eigenvalue weighted by atomic mass is 9.94. The first-order valence-corrected chi connectivity index (χ1v) is 6.60. The normalized spacial score (nSPS) is 13.8. The molecule has 1 aliphatic carbocycles. The summed E-state index contributed by atoms with van der Waals surface area (Å²) in [5, 5.41) is 1.72. The Morgan fingerprint density at radius 3 is 2.60 bits per heavy atom. The largest absolute Gasteiger partial charge is 0.501 e. The lowest BCUT2D eigenvalue weighted by Crippen LogP contribution is -2.23. The molecule has 4 nitrogen and oxygen atoms in total. The Morgan fingerprint density at radius 2 is 1.90 bits per heavy atom. The van der Waals surface area contributed by atoms with E-state index in [0.29, 0.717) is 11.1 Å². The van der Waals surface area contributed by atoms with Gasteiger partial charge in [-0.15, -0.1) is 0 Å². The Labute approximate surface area is 117 Å². The summed E-state index contributed by atoms with van der Waals surface area (Å²) in [5.74, 6) is 1.62. The highest BCUT2D eigenvalue weighted by molar-refractivity contribution is 5.89. The van der Waals surface area contributed by atoms with E-state index in [0.717, 1.165) is 29.7 Å². The van der Waals surface area contributed by atoms with Crippen LogP contribution in [0.15, 0.2) is 28.8 Å². The van der Waals surface area contributed by atoms with Crippen molar-refractivity contribution in [1.82, 2.24) is 4.57 Å². The number of allylic oxidation sites excluding steroid dienone is 1. The van der Waals surface area contributed by atoms with Crippen LogP contribution >= 0.6 is 0 Å². The summed E-state index contributed by atoms with van der Waals surface area (Å²) in [6.45, 7) is 0. The first-order valence-electron chi connectivity index (χ1n) is 6.60. The molecule has 0 saturated carbocycles. The maximum atomic E-state index is 12.5. The van der Waals surface area contributed by atoms with Crippen molar-refractivity contribution in [3.8, 4) is 5.75 Å². The van der Waals surface area contributed by atoms with E-state index in [4.69, 9.17) is 9.47 Å². The van der Waals surface area contributed by atoms with Crippen molar-refractivity contribution < 1.29 is 9.47 Å². The van der Waals surface area contributed by atoms with E-state index in [1.54, 1.807) is 25.8 Å². The zero-order valence-electron chi connectivity index (χ0n) is 11.9. The second-order valence-corrected chi connectivity index (χ2v) is 4.95. The van der Waals surface area contributed by atoms with Crippen LogP contribution in [0.25, 0.3) is 16.8 Å². The third kappa shape index (κ3) is 1.80. The summed E-state index contributed by atoms with van der Waals surface area (Å²) < 4.78 is 12.2. The van der Waals surface area contributed by atoms with Crippen LogP contribution in [0.4, 0.5) is 0 Å². The number of benzene rings is 1. The van der Waals surface area contributed by atoms with Crippen molar-refractivity contribution in [2.24, 2.45) is 7.05 Å². The van der Waals surface area contributed by atoms with Crippen LogP contribution in [0.2, 0.25) is 0 Å². The summed E-state index contributed by atoms with van der Waals surface area (Å²) in [6.07, 6.45) is 3.71. The summed E-state index contributed by atoms with van der Waals surface area (Å²) in [6, 6.07) is 5.69. The van der Waals surface area contributed by atoms with Gasteiger partial charge in [-0.05, 0) is 35.6 Å². The molecule has 20 heavy (non-hydrogen) atoms. The van der Waals surface area contributed by atoms with Gasteiger partial charge in [0, 0.05) is 13.5 Å². The van der Waals surface area contributed by atoms with Gasteiger partial charge in [-0.1, -0.05) is 6.07 Å². The van der Waals surface area contributed by atoms with Crippen molar-refractivity contribution in [2.45, 2.75) is 12.8 Å². The average molecular weight is 271 g/mol. The van der Waals surface area contributed by atoms with E-state index >= 15 is 0 Å². The van der Waals surface area contributed by atoms with Gasteiger partial charge in [0.2, 0.25) is 0 Å². The zero-order chi connectivity index (χ0) is 14.3. The third-order valence-corrected chi connectivity index (χ3v) is 3.94. The molecule has 0 atom stereocenters. The molecular weight excluding hydrogens is 254 g/mol. The smallest absolute Gasteiger partial charge is 0.258 e. The molecule has 0 bridgehead atoms. The number of hydrogen-bond acceptors (Lipinski definition) is 3. The Kier molecular flexibility index (Phi) is 3.01. The molecule has 0 N–H and O–H groups in total. The number of methoxy groups -OCH3 is 2. The van der Waals surface area contributed by atoms with Crippen LogP contribution in [-0.4, -0.2) is 18.8 Å². The molecule has 0 unspecified atom stereocenters. The summed E-state index contributed by atoms with van der Waals surface area (Å²) in [7, 11) is 5.08. The molecular formula is C16H17NO3. The number of pyridine rings is 1. The highest BCUT2D eigenvalue weighted by Crippen LogP contribution is 2.30. The summed E-state index contributed by atoms with van der Waals surface area (Å²) in [5.41, 5.74) is 2.13. The van der Waals surface area contributed by atoms with Crippen LogP contribution in [-0.2, 0) is 18.2 Å². The van der Waals surface area contributed by atoms with Gasteiger partial charge in [0.1, 0.15) is 5.75 Å². The minimum atomic E-state index is -0.00810. The summed E-state index contributed by atoms with van der Waals surface area (Å²) >= 11 is 0. The Hall–Kier alpha value is -2.23. The molecule has 0 saturated heterocycles. The molecule has 0 spiro atoms. The maximum absolute atomic E-state index is 12.5. The summed E-state index contributed by atoms with van der Waals surface area (Å²) in [4.78, 5) is 12.5. The molecule has 0 aliphatic heterocycles. The van der Waals surface area contributed by atoms with E-state index in [1.165, 1.54) is 5.56 Å². The minimum absolute atomic E-state index is 0.00810. The predicted octanol–water partition coefficient (Wildman–Crippen LogP) is 2.48. The number of aromatic nitrogens is 1. The van der Waals surface area contributed by atoms with Crippen LogP contribution < -0.4 is 10.3 Å². The number of rotatable bonds is 2. The quantitative estimate of drug-likeness (QED) is 0.842. The van der Waals surface area contributed by atoms with E-state index in [1.807, 2.05) is 24.3 Å². The van der Waals surface area contributed by atoms with Gasteiger partial charge in [-0.3, -0.25) is 4.79 Å². The maximum Gasteiger partial charge on any atom is 0.258 e. The molecule has 1 aliphatic rings. The third-order valence-electron chi connectivity index (χ3n) is 3.94. The van der Waals surface area contributed by atoms with E-state index in [9.17, 15) is 4.79 Å². The average Bonchev–Trinajstić information content (AvgIpc) is 2.51. The van der Waals surface area contributed by atoms with Crippen molar-refractivity contribution >= 4 is 16.8 Å². The first kappa shape index (κ1) is 12.8. The lowest BCUT2D eigenvalue weighted by Gasteiger charge is -2.20. The van der Waals surface area contributed by atoms with Gasteiger partial charge in [0.05, 0.1) is 31.1 Å². The van der Waals surface area contributed by atoms with Gasteiger partial charge < -0.3 is 14.0 Å². The fourth-order valence-electron chi connectivity index (χ4n) is 2.80. The van der Waals surface area contributed by atoms with Crippen LogP contribution in [0.1, 0.15) is 17.7 Å². The van der Waals surface area contributed by atoms with Gasteiger partial charge in [0.15, 0.2) is 0 Å². The number of fused-ring (bicyclic) bond motifs is 3. The van der Waals surface area contributed by atoms with Gasteiger partial charge in [-0.2, -0.15) is 0 Å².